The van der Waals surface area contributed by atoms with Crippen molar-refractivity contribution in [2.24, 2.45) is 5.92 Å². The van der Waals surface area contributed by atoms with Crippen molar-refractivity contribution >= 4 is 11.8 Å². The van der Waals surface area contributed by atoms with Crippen LogP contribution in [0.2, 0.25) is 0 Å². The number of hydrogen-bond acceptors (Lipinski definition) is 4. The Hall–Kier alpha value is -1.82. The van der Waals surface area contributed by atoms with Gasteiger partial charge in [0, 0.05) is 26.2 Å². The minimum Gasteiger partial charge on any atom is -0.459 e. The monoisotopic (exact) mass is 318 g/mol. The number of ether oxygens (including phenoxy) is 1. The SMILES string of the molecule is O=C(c1ccco1)N1CCCN(C(=O)[C@H]2C[C@H]3CC[C@H]2O3)CC1. The predicted molar refractivity (Wildman–Crippen MR) is 81.8 cm³/mol. The van der Waals surface area contributed by atoms with Gasteiger partial charge in [-0.1, -0.05) is 0 Å². The minimum absolute atomic E-state index is 0.0288. The van der Waals surface area contributed by atoms with Gasteiger partial charge in [0.15, 0.2) is 5.76 Å². The Morgan fingerprint density at radius 1 is 1.09 bits per heavy atom. The highest BCUT2D eigenvalue weighted by Gasteiger charge is 2.45. The highest BCUT2D eigenvalue weighted by Crippen LogP contribution is 2.39. The third-order valence-electron chi connectivity index (χ3n) is 5.25. The number of fused-ring (bicyclic) bond motifs is 2. The molecule has 0 aromatic carbocycles. The average Bonchev–Trinajstić information content (AvgIpc) is 3.28. The number of rotatable bonds is 2. The maximum Gasteiger partial charge on any atom is 0.289 e. The Bertz CT molecular complexity index is 585. The van der Waals surface area contributed by atoms with Gasteiger partial charge in [-0.2, -0.15) is 0 Å². The Balaban J connectivity index is 1.37. The lowest BCUT2D eigenvalue weighted by molar-refractivity contribution is -0.137. The van der Waals surface area contributed by atoms with Gasteiger partial charge >= 0.3 is 0 Å². The fourth-order valence-corrected chi connectivity index (χ4v) is 4.03. The summed E-state index contributed by atoms with van der Waals surface area (Å²) in [5.74, 6) is 0.518. The van der Waals surface area contributed by atoms with Crippen molar-refractivity contribution in [3.8, 4) is 0 Å². The lowest BCUT2D eigenvalue weighted by atomic mass is 9.88. The summed E-state index contributed by atoms with van der Waals surface area (Å²) in [6.07, 6.45) is 5.71. The zero-order valence-electron chi connectivity index (χ0n) is 13.1. The van der Waals surface area contributed by atoms with E-state index in [4.69, 9.17) is 9.15 Å². The smallest absolute Gasteiger partial charge is 0.289 e. The summed E-state index contributed by atoms with van der Waals surface area (Å²) >= 11 is 0. The Kier molecular flexibility index (Phi) is 3.85. The van der Waals surface area contributed by atoms with E-state index in [0.29, 0.717) is 31.9 Å². The predicted octanol–water partition coefficient (Wildman–Crippen LogP) is 1.52. The van der Waals surface area contributed by atoms with E-state index in [0.717, 1.165) is 25.7 Å². The van der Waals surface area contributed by atoms with E-state index >= 15 is 0 Å². The molecule has 4 heterocycles. The number of carbonyl (C=O) groups is 2. The van der Waals surface area contributed by atoms with Crippen LogP contribution in [0, 0.1) is 5.92 Å². The van der Waals surface area contributed by atoms with Gasteiger partial charge in [0.2, 0.25) is 5.91 Å². The first kappa shape index (κ1) is 14.8. The van der Waals surface area contributed by atoms with Crippen LogP contribution in [-0.2, 0) is 9.53 Å². The summed E-state index contributed by atoms with van der Waals surface area (Å²) in [4.78, 5) is 28.8. The van der Waals surface area contributed by atoms with Crippen LogP contribution < -0.4 is 0 Å². The number of hydrogen-bond donors (Lipinski definition) is 0. The molecule has 6 heteroatoms. The molecule has 0 N–H and O–H groups in total. The molecule has 0 spiro atoms. The minimum atomic E-state index is -0.0902. The van der Waals surface area contributed by atoms with Crippen LogP contribution in [0.15, 0.2) is 22.8 Å². The van der Waals surface area contributed by atoms with Gasteiger partial charge in [-0.15, -0.1) is 0 Å². The van der Waals surface area contributed by atoms with Gasteiger partial charge in [-0.25, -0.2) is 0 Å². The standard InChI is InChI=1S/C17H22N2O4/c20-16(13-11-12-4-5-14(13)23-12)18-6-2-7-19(9-8-18)17(21)15-3-1-10-22-15/h1,3,10,12-14H,2,4-9,11H2/t12-,13+,14-/m1/s1. The topological polar surface area (TPSA) is 63.0 Å². The third kappa shape index (κ3) is 2.76. The molecule has 2 bridgehead atoms. The van der Waals surface area contributed by atoms with Crippen LogP contribution in [-0.4, -0.2) is 60.0 Å². The maximum absolute atomic E-state index is 12.8. The molecule has 124 valence electrons. The van der Waals surface area contributed by atoms with E-state index in [2.05, 4.69) is 0 Å². The molecular formula is C17H22N2O4. The van der Waals surface area contributed by atoms with Crippen molar-refractivity contribution < 1.29 is 18.7 Å². The van der Waals surface area contributed by atoms with Gasteiger partial charge in [0.1, 0.15) is 0 Å². The first-order chi connectivity index (χ1) is 11.2. The fraction of sp³-hybridized carbons (Fsp3) is 0.647. The van der Waals surface area contributed by atoms with Gasteiger partial charge in [-0.05, 0) is 37.8 Å². The van der Waals surface area contributed by atoms with Crippen LogP contribution >= 0.6 is 0 Å². The van der Waals surface area contributed by atoms with E-state index in [1.807, 2.05) is 4.90 Å². The molecule has 23 heavy (non-hydrogen) atoms. The Morgan fingerprint density at radius 3 is 2.61 bits per heavy atom. The van der Waals surface area contributed by atoms with Crippen molar-refractivity contribution in [3.05, 3.63) is 24.2 Å². The van der Waals surface area contributed by atoms with Crippen LogP contribution in [0.4, 0.5) is 0 Å². The summed E-state index contributed by atoms with van der Waals surface area (Å²) in [5.41, 5.74) is 0. The Morgan fingerprint density at radius 2 is 1.91 bits per heavy atom. The lowest BCUT2D eigenvalue weighted by Crippen LogP contribution is -2.42. The van der Waals surface area contributed by atoms with Gasteiger partial charge in [-0.3, -0.25) is 9.59 Å². The molecule has 0 radical (unpaired) electrons. The molecule has 3 aliphatic heterocycles. The van der Waals surface area contributed by atoms with E-state index < -0.39 is 0 Å². The first-order valence-corrected chi connectivity index (χ1v) is 8.49. The lowest BCUT2D eigenvalue weighted by Gasteiger charge is -2.27. The Labute approximate surface area is 135 Å². The van der Waals surface area contributed by atoms with E-state index in [1.165, 1.54) is 6.26 Å². The molecule has 0 saturated carbocycles. The molecule has 4 rings (SSSR count). The summed E-state index contributed by atoms with van der Waals surface area (Å²) in [7, 11) is 0. The van der Waals surface area contributed by atoms with Crippen molar-refractivity contribution in [2.75, 3.05) is 26.2 Å². The highest BCUT2D eigenvalue weighted by atomic mass is 16.5. The molecule has 3 saturated heterocycles. The molecule has 0 aliphatic carbocycles. The van der Waals surface area contributed by atoms with Gasteiger partial charge in [0.05, 0.1) is 24.4 Å². The largest absolute Gasteiger partial charge is 0.459 e. The van der Waals surface area contributed by atoms with Crippen molar-refractivity contribution in [2.45, 2.75) is 37.9 Å². The zero-order chi connectivity index (χ0) is 15.8. The van der Waals surface area contributed by atoms with Crippen LogP contribution in [0.1, 0.15) is 36.2 Å². The normalized spacial score (nSPS) is 30.5. The van der Waals surface area contributed by atoms with Gasteiger partial charge in [0.25, 0.3) is 5.91 Å². The number of amides is 2. The molecule has 0 unspecified atom stereocenters. The summed E-state index contributed by atoms with van der Waals surface area (Å²) in [6, 6.07) is 3.40. The summed E-state index contributed by atoms with van der Waals surface area (Å²) < 4.78 is 11.0. The number of furan rings is 1. The second-order valence-electron chi connectivity index (χ2n) is 6.66. The molecule has 1 aromatic rings. The van der Waals surface area contributed by atoms with Crippen LogP contribution in [0.5, 0.6) is 0 Å². The van der Waals surface area contributed by atoms with Gasteiger partial charge < -0.3 is 19.0 Å². The molecule has 6 nitrogen and oxygen atoms in total. The maximum atomic E-state index is 12.8. The second kappa shape index (κ2) is 6.00. The number of carbonyl (C=O) groups excluding carboxylic acids is 2. The van der Waals surface area contributed by atoms with Crippen LogP contribution in [0.3, 0.4) is 0 Å². The molecule has 2 amide bonds. The second-order valence-corrected chi connectivity index (χ2v) is 6.66. The average molecular weight is 318 g/mol. The molecule has 3 aliphatic rings. The molecule has 1 aromatic heterocycles. The summed E-state index contributed by atoms with van der Waals surface area (Å²) in [6.45, 7) is 2.54. The highest BCUT2D eigenvalue weighted by molar-refractivity contribution is 5.91. The zero-order valence-corrected chi connectivity index (χ0v) is 13.1. The van der Waals surface area contributed by atoms with Crippen molar-refractivity contribution in [3.63, 3.8) is 0 Å². The fourth-order valence-electron chi connectivity index (χ4n) is 4.03. The number of nitrogens with zero attached hydrogens (tertiary/aromatic N) is 2. The first-order valence-electron chi connectivity index (χ1n) is 8.49. The molecule has 3 fully saturated rings. The quantitative estimate of drug-likeness (QED) is 0.829. The molecular weight excluding hydrogens is 296 g/mol. The van der Waals surface area contributed by atoms with E-state index in [1.54, 1.807) is 17.0 Å². The van der Waals surface area contributed by atoms with Crippen molar-refractivity contribution in [1.29, 1.82) is 0 Å². The van der Waals surface area contributed by atoms with Crippen molar-refractivity contribution in [1.82, 2.24) is 9.80 Å². The van der Waals surface area contributed by atoms with E-state index in [-0.39, 0.29) is 29.9 Å². The third-order valence-corrected chi connectivity index (χ3v) is 5.25. The summed E-state index contributed by atoms with van der Waals surface area (Å²) in [5, 5.41) is 0. The van der Waals surface area contributed by atoms with E-state index in [9.17, 15) is 9.59 Å². The molecule has 3 atom stereocenters. The van der Waals surface area contributed by atoms with Crippen LogP contribution in [0.25, 0.3) is 0 Å².